The third-order valence-corrected chi connectivity index (χ3v) is 5.51. The molecule has 0 fully saturated rings. The van der Waals surface area contributed by atoms with Crippen molar-refractivity contribution in [3.05, 3.63) is 83.0 Å². The molecule has 3 aromatic carbocycles. The molecule has 1 N–H and O–H groups in total. The van der Waals surface area contributed by atoms with Crippen LogP contribution in [0.25, 0.3) is 21.9 Å². The number of benzene rings is 3. The lowest BCUT2D eigenvalue weighted by atomic mass is 10.0. The summed E-state index contributed by atoms with van der Waals surface area (Å²) in [4.78, 5) is 2.10. The average Bonchev–Trinajstić information content (AvgIpc) is 3.04. The fraction of sp³-hybridized carbons (Fsp3) is 0.200. The van der Waals surface area contributed by atoms with E-state index in [1.807, 2.05) is 38.4 Å². The van der Waals surface area contributed by atoms with Crippen LogP contribution in [0.4, 0.5) is 13.2 Å². The third kappa shape index (κ3) is 5.43. The summed E-state index contributed by atoms with van der Waals surface area (Å²) < 4.78 is 42.6. The molecule has 4 rings (SSSR count). The van der Waals surface area contributed by atoms with Gasteiger partial charge in [0.1, 0.15) is 5.75 Å². The number of halogens is 4. The van der Waals surface area contributed by atoms with E-state index in [-0.39, 0.29) is 18.2 Å². The van der Waals surface area contributed by atoms with Gasteiger partial charge in [0, 0.05) is 18.1 Å². The number of aromatic nitrogens is 1. The first kappa shape index (κ1) is 23.0. The molecule has 1 aromatic heterocycles. The zero-order chi connectivity index (χ0) is 23.8. The van der Waals surface area contributed by atoms with Gasteiger partial charge in [0.25, 0.3) is 0 Å². The molecule has 0 aliphatic heterocycles. The molecule has 0 atom stereocenters. The van der Waals surface area contributed by atoms with Gasteiger partial charge in [0.05, 0.1) is 17.0 Å². The van der Waals surface area contributed by atoms with Crippen molar-refractivity contribution in [2.24, 2.45) is 0 Å². The van der Waals surface area contributed by atoms with Gasteiger partial charge in [-0.2, -0.15) is 0 Å². The van der Waals surface area contributed by atoms with E-state index >= 15 is 0 Å². The second kappa shape index (κ2) is 9.00. The van der Waals surface area contributed by atoms with Gasteiger partial charge in [0.15, 0.2) is 0 Å². The molecular weight excluding hydrogens is 453 g/mol. The minimum atomic E-state index is -4.74. The van der Waals surface area contributed by atoms with E-state index in [2.05, 4.69) is 21.8 Å². The minimum absolute atomic E-state index is 0.00139. The molecule has 8 heteroatoms. The Morgan fingerprint density at radius 1 is 0.939 bits per heavy atom. The van der Waals surface area contributed by atoms with Crippen molar-refractivity contribution in [2.75, 3.05) is 14.1 Å². The second-order valence-corrected chi connectivity index (χ2v) is 8.54. The van der Waals surface area contributed by atoms with Crippen molar-refractivity contribution in [1.29, 1.82) is 0 Å². The van der Waals surface area contributed by atoms with Crippen molar-refractivity contribution >= 4 is 22.4 Å². The fourth-order valence-corrected chi connectivity index (χ4v) is 4.10. The van der Waals surface area contributed by atoms with Crippen LogP contribution in [0, 0.1) is 0 Å². The summed E-state index contributed by atoms with van der Waals surface area (Å²) >= 11 is 6.51. The van der Waals surface area contributed by atoms with E-state index in [1.54, 1.807) is 10.8 Å². The van der Waals surface area contributed by atoms with Crippen LogP contribution in [0.1, 0.15) is 11.1 Å². The van der Waals surface area contributed by atoms with Gasteiger partial charge in [-0.15, -0.1) is 13.2 Å². The maximum absolute atomic E-state index is 12.3. The highest BCUT2D eigenvalue weighted by Crippen LogP contribution is 2.38. The topological polar surface area (TPSA) is 37.6 Å². The van der Waals surface area contributed by atoms with Gasteiger partial charge in [-0.1, -0.05) is 48.0 Å². The molecule has 4 nitrogen and oxygen atoms in total. The summed E-state index contributed by atoms with van der Waals surface area (Å²) in [5.74, 6) is -0.295. The smallest absolute Gasteiger partial charge is 0.494 e. The number of nitrogens with zero attached hydrogens (tertiary/aromatic N) is 2. The Bertz CT molecular complexity index is 1260. The first-order chi connectivity index (χ1) is 15.6. The van der Waals surface area contributed by atoms with E-state index in [0.717, 1.165) is 23.1 Å². The largest absolute Gasteiger partial charge is 0.573 e. The number of rotatable bonds is 6. The van der Waals surface area contributed by atoms with Crippen LogP contribution >= 0.6 is 11.6 Å². The third-order valence-electron chi connectivity index (χ3n) is 5.21. The molecule has 0 aliphatic rings. The first-order valence-corrected chi connectivity index (χ1v) is 10.6. The van der Waals surface area contributed by atoms with Crippen molar-refractivity contribution in [3.63, 3.8) is 0 Å². The van der Waals surface area contributed by atoms with Crippen LogP contribution in [0.2, 0.25) is 5.02 Å². The first-order valence-electron chi connectivity index (χ1n) is 10.2. The molecule has 0 aliphatic carbocycles. The zero-order valence-corrected chi connectivity index (χ0v) is 18.8. The highest BCUT2D eigenvalue weighted by Gasteiger charge is 2.31. The maximum Gasteiger partial charge on any atom is 0.573 e. The van der Waals surface area contributed by atoms with Gasteiger partial charge >= 0.3 is 6.36 Å². The number of hydrogen-bond donors (Lipinski definition) is 1. The minimum Gasteiger partial charge on any atom is -0.494 e. The van der Waals surface area contributed by atoms with Crippen molar-refractivity contribution < 1.29 is 23.0 Å². The number of alkyl halides is 3. The number of fused-ring (bicyclic) bond motifs is 1. The zero-order valence-electron chi connectivity index (χ0n) is 18.0. The van der Waals surface area contributed by atoms with Crippen LogP contribution in [0.3, 0.4) is 0 Å². The van der Waals surface area contributed by atoms with Gasteiger partial charge in [-0.25, -0.2) is 0 Å². The van der Waals surface area contributed by atoms with Crippen molar-refractivity contribution in [3.8, 4) is 22.8 Å². The molecule has 0 amide bonds. The number of hydrogen-bond acceptors (Lipinski definition) is 3. The average molecular weight is 475 g/mol. The summed E-state index contributed by atoms with van der Waals surface area (Å²) in [6.45, 7) is 1.11. The Morgan fingerprint density at radius 2 is 1.58 bits per heavy atom. The molecule has 4 aromatic rings. The quantitative estimate of drug-likeness (QED) is 0.339. The van der Waals surface area contributed by atoms with Crippen LogP contribution in [-0.2, 0) is 13.1 Å². The van der Waals surface area contributed by atoms with E-state index in [0.29, 0.717) is 16.0 Å². The van der Waals surface area contributed by atoms with Gasteiger partial charge in [-0.3, -0.25) is 0 Å². The Balaban J connectivity index is 1.60. The Hall–Kier alpha value is -3.16. The lowest BCUT2D eigenvalue weighted by molar-refractivity contribution is -0.274. The van der Waals surface area contributed by atoms with Crippen molar-refractivity contribution in [2.45, 2.75) is 19.5 Å². The van der Waals surface area contributed by atoms with Crippen LogP contribution in [0.5, 0.6) is 11.6 Å². The molecule has 0 saturated heterocycles. The normalized spacial score (nSPS) is 12.0. The van der Waals surface area contributed by atoms with E-state index in [9.17, 15) is 18.3 Å². The highest BCUT2D eigenvalue weighted by atomic mass is 35.5. The Kier molecular flexibility index (Phi) is 6.28. The molecule has 0 spiro atoms. The Morgan fingerprint density at radius 3 is 2.18 bits per heavy atom. The second-order valence-electron chi connectivity index (χ2n) is 8.13. The molecule has 1 heterocycles. The number of ether oxygens (including phenoxy) is 1. The lowest BCUT2D eigenvalue weighted by Crippen LogP contribution is -2.17. The molecule has 172 valence electrons. The van der Waals surface area contributed by atoms with Crippen molar-refractivity contribution in [1.82, 2.24) is 9.47 Å². The maximum atomic E-state index is 12.3. The fourth-order valence-electron chi connectivity index (χ4n) is 3.79. The standard InChI is InChI=1S/C25H22ClF3N2O2/c1-30(2)13-16-3-7-18(8-4-16)19-11-20-15-31(24(32)23(20)22(26)12-19)14-17-5-9-21(10-6-17)33-25(27,28)29/h3-12,15,32H,13-14H2,1-2H3. The Labute approximate surface area is 194 Å². The summed E-state index contributed by atoms with van der Waals surface area (Å²) in [6, 6.07) is 17.5. The predicted octanol–water partition coefficient (Wildman–Crippen LogP) is 6.68. The van der Waals surface area contributed by atoms with E-state index < -0.39 is 6.36 Å². The molecule has 0 unspecified atom stereocenters. The SMILES string of the molecule is CN(C)Cc1ccc(-c2cc(Cl)c3c(O)n(Cc4ccc(OC(F)(F)F)cc4)cc3c2)cc1. The van der Waals surface area contributed by atoms with E-state index in [1.165, 1.54) is 29.8 Å². The molecule has 0 radical (unpaired) electrons. The van der Waals surface area contributed by atoms with Gasteiger partial charge in [0.2, 0.25) is 5.88 Å². The summed E-state index contributed by atoms with van der Waals surface area (Å²) in [7, 11) is 4.03. The van der Waals surface area contributed by atoms with Crippen LogP contribution < -0.4 is 4.74 Å². The van der Waals surface area contributed by atoms with Gasteiger partial charge in [-0.05, 0) is 60.6 Å². The van der Waals surface area contributed by atoms with Crippen LogP contribution in [-0.4, -0.2) is 35.0 Å². The summed E-state index contributed by atoms with van der Waals surface area (Å²) in [5.41, 5.74) is 3.84. The summed E-state index contributed by atoms with van der Waals surface area (Å²) in [6.07, 6.45) is -2.96. The number of aromatic hydroxyl groups is 1. The summed E-state index contributed by atoms with van der Waals surface area (Å²) in [5, 5.41) is 12.4. The van der Waals surface area contributed by atoms with E-state index in [4.69, 9.17) is 11.6 Å². The molecule has 0 saturated carbocycles. The predicted molar refractivity (Wildman–Crippen MR) is 124 cm³/mol. The highest BCUT2D eigenvalue weighted by molar-refractivity contribution is 6.36. The molecular formula is C25H22ClF3N2O2. The van der Waals surface area contributed by atoms with Gasteiger partial charge < -0.3 is 19.3 Å². The van der Waals surface area contributed by atoms with Crippen LogP contribution in [0.15, 0.2) is 66.9 Å². The molecule has 0 bridgehead atoms. The molecule has 33 heavy (non-hydrogen) atoms. The monoisotopic (exact) mass is 474 g/mol. The lowest BCUT2D eigenvalue weighted by Gasteiger charge is -2.10.